The van der Waals surface area contributed by atoms with Crippen LogP contribution in [0.5, 0.6) is 0 Å². The summed E-state index contributed by atoms with van der Waals surface area (Å²) in [5.41, 5.74) is 8.01. The van der Waals surface area contributed by atoms with E-state index in [4.69, 9.17) is 23.2 Å². The maximum Gasteiger partial charge on any atom is 0.254 e. The van der Waals surface area contributed by atoms with E-state index < -0.39 is 17.4 Å². The minimum absolute atomic E-state index is 0.0373. The van der Waals surface area contributed by atoms with Gasteiger partial charge in [0.25, 0.3) is 5.56 Å². The van der Waals surface area contributed by atoms with Crippen LogP contribution in [0.1, 0.15) is 37.9 Å². The van der Waals surface area contributed by atoms with E-state index in [1.807, 2.05) is 19.1 Å². The number of rotatable bonds is 4. The van der Waals surface area contributed by atoms with Crippen LogP contribution in [-0.4, -0.2) is 30.2 Å². The highest BCUT2D eigenvalue weighted by Gasteiger charge is 2.25. The third-order valence-electron chi connectivity index (χ3n) is 7.18. The van der Waals surface area contributed by atoms with Gasteiger partial charge in [0.15, 0.2) is 5.82 Å². The van der Waals surface area contributed by atoms with Gasteiger partial charge in [0, 0.05) is 43.2 Å². The molecule has 4 aromatic rings. The molecule has 0 fully saturated rings. The predicted octanol–water partition coefficient (Wildman–Crippen LogP) is 3.96. The van der Waals surface area contributed by atoms with Crippen LogP contribution in [0, 0.1) is 11.7 Å². The largest absolute Gasteiger partial charge is 0.403 e. The monoisotopic (exact) mass is 577 g/mol. The predicted molar refractivity (Wildman–Crippen MR) is 155 cm³/mol. The molecule has 2 bridgehead atoms. The van der Waals surface area contributed by atoms with E-state index in [0.717, 1.165) is 16.3 Å². The van der Waals surface area contributed by atoms with Crippen LogP contribution in [0.3, 0.4) is 0 Å². The maximum absolute atomic E-state index is 15.3. The summed E-state index contributed by atoms with van der Waals surface area (Å²) in [6, 6.07) is 7.32. The minimum Gasteiger partial charge on any atom is -0.403 e. The Morgan fingerprint density at radius 2 is 2.00 bits per heavy atom. The molecule has 3 aromatic heterocycles. The fraction of sp³-hybridized carbons (Fsp3) is 0.250. The molecule has 2 atom stereocenters. The van der Waals surface area contributed by atoms with Crippen LogP contribution in [0.2, 0.25) is 5.02 Å². The summed E-state index contributed by atoms with van der Waals surface area (Å²) in [7, 11) is 1.79. The van der Waals surface area contributed by atoms with Gasteiger partial charge in [-0.1, -0.05) is 24.9 Å². The highest BCUT2D eigenvalue weighted by molar-refractivity contribution is 6.31. The van der Waals surface area contributed by atoms with E-state index in [1.165, 1.54) is 41.5 Å². The van der Waals surface area contributed by atoms with Crippen molar-refractivity contribution in [2.24, 2.45) is 24.5 Å². The van der Waals surface area contributed by atoms with Gasteiger partial charge in [0.1, 0.15) is 0 Å². The zero-order valence-electron chi connectivity index (χ0n) is 22.5. The standard InChI is InChI=1S/C28H29ClFN9O2/c1-16-4-3-5-22(19-12-17(8-10-33-19)27-21(36-28(16)41)14-35-37(27)2)38-15-34-20(13-24(38)40)25-23(39(32)11-9-31)7-6-18(29)26(25)30/h6-16,22H,3-5,31-32H2,1-2H3,(H,36,41)/b11-9-. The SMILES string of the molecule is CC1CCCC(n2cnc(-c3c(N(N)/C=C\N)ccc(Cl)c3F)cc2=O)c2cc(ccn2)-c2c(cnn2C)NC1=O. The van der Waals surface area contributed by atoms with Crippen LogP contribution in [0.15, 0.2) is 66.2 Å². The number of carbonyl (C=O) groups is 1. The zero-order chi connectivity index (χ0) is 29.3. The lowest BCUT2D eigenvalue weighted by atomic mass is 9.97. The van der Waals surface area contributed by atoms with E-state index in [9.17, 15) is 9.59 Å². The number of nitrogens with one attached hydrogen (secondary N) is 1. The van der Waals surface area contributed by atoms with Gasteiger partial charge in [-0.2, -0.15) is 5.10 Å². The molecule has 1 aliphatic heterocycles. The third kappa shape index (κ3) is 5.43. The fourth-order valence-electron chi connectivity index (χ4n) is 5.04. The highest BCUT2D eigenvalue weighted by atomic mass is 35.5. The molecule has 41 heavy (non-hydrogen) atoms. The molecule has 0 saturated carbocycles. The molecular weight excluding hydrogens is 549 g/mol. The number of halogens is 2. The zero-order valence-corrected chi connectivity index (χ0v) is 23.2. The second kappa shape index (κ2) is 11.5. The van der Waals surface area contributed by atoms with Crippen molar-refractivity contribution in [1.29, 1.82) is 0 Å². The Balaban J connectivity index is 1.62. The molecule has 1 amide bonds. The first-order valence-corrected chi connectivity index (χ1v) is 13.4. The molecule has 11 nitrogen and oxygen atoms in total. The third-order valence-corrected chi connectivity index (χ3v) is 7.47. The average Bonchev–Trinajstić information content (AvgIpc) is 3.31. The van der Waals surface area contributed by atoms with Gasteiger partial charge in [-0.3, -0.25) is 28.8 Å². The Labute approximate surface area is 240 Å². The number of pyridine rings is 1. The summed E-state index contributed by atoms with van der Waals surface area (Å²) >= 11 is 6.07. The summed E-state index contributed by atoms with van der Waals surface area (Å²) in [5, 5.41) is 8.29. The number of nitrogens with two attached hydrogens (primary N) is 2. The molecule has 1 aromatic carbocycles. The fourth-order valence-corrected chi connectivity index (χ4v) is 5.19. The van der Waals surface area contributed by atoms with Crippen LogP contribution >= 0.6 is 11.6 Å². The van der Waals surface area contributed by atoms with Gasteiger partial charge < -0.3 is 11.1 Å². The number of carbonyl (C=O) groups excluding carboxylic acids is 1. The summed E-state index contributed by atoms with van der Waals surface area (Å²) < 4.78 is 18.4. The van der Waals surface area contributed by atoms with Gasteiger partial charge in [-0.05, 0) is 37.1 Å². The number of aryl methyl sites for hydroxylation is 1. The van der Waals surface area contributed by atoms with Crippen molar-refractivity contribution >= 4 is 28.9 Å². The lowest BCUT2D eigenvalue weighted by Gasteiger charge is -2.23. The van der Waals surface area contributed by atoms with Gasteiger partial charge in [0.05, 0.1) is 57.6 Å². The number of anilines is 2. The number of benzene rings is 1. The van der Waals surface area contributed by atoms with E-state index >= 15 is 4.39 Å². The van der Waals surface area contributed by atoms with Gasteiger partial charge in [-0.15, -0.1) is 0 Å². The second-order valence-electron chi connectivity index (χ2n) is 9.86. The van der Waals surface area contributed by atoms with Crippen molar-refractivity contribution in [3.8, 4) is 22.5 Å². The summed E-state index contributed by atoms with van der Waals surface area (Å²) in [4.78, 5) is 35.5. The van der Waals surface area contributed by atoms with E-state index in [0.29, 0.717) is 30.6 Å². The number of hydrogen-bond donors (Lipinski definition) is 3. The van der Waals surface area contributed by atoms with Crippen LogP contribution < -0.4 is 27.5 Å². The first-order chi connectivity index (χ1) is 19.7. The smallest absolute Gasteiger partial charge is 0.254 e. The molecule has 5 rings (SSSR count). The Kier molecular flexibility index (Phi) is 7.86. The Hall–Kier alpha value is -4.55. The van der Waals surface area contributed by atoms with Gasteiger partial charge in [-0.25, -0.2) is 15.2 Å². The number of hydrazine groups is 1. The van der Waals surface area contributed by atoms with Crippen LogP contribution in [0.25, 0.3) is 22.5 Å². The average molecular weight is 578 g/mol. The molecule has 5 N–H and O–H groups in total. The van der Waals surface area contributed by atoms with Crippen molar-refractivity contribution in [3.05, 3.63) is 88.3 Å². The molecule has 0 aliphatic carbocycles. The molecule has 0 radical (unpaired) electrons. The first kappa shape index (κ1) is 28.0. The number of hydrogen-bond acceptors (Lipinski definition) is 8. The summed E-state index contributed by atoms with van der Waals surface area (Å²) in [5.74, 6) is 4.89. The highest BCUT2D eigenvalue weighted by Crippen LogP contribution is 2.36. The second-order valence-corrected chi connectivity index (χ2v) is 10.3. The molecular formula is C28H29ClFN9O2. The Bertz CT molecular complexity index is 1700. The number of amides is 1. The number of aromatic nitrogens is 5. The van der Waals surface area contributed by atoms with Gasteiger partial charge in [0.2, 0.25) is 5.91 Å². The maximum atomic E-state index is 15.3. The Morgan fingerprint density at radius 3 is 2.76 bits per heavy atom. The molecule has 2 unspecified atom stereocenters. The van der Waals surface area contributed by atoms with Gasteiger partial charge >= 0.3 is 0 Å². The lowest BCUT2D eigenvalue weighted by Crippen LogP contribution is -2.28. The minimum atomic E-state index is -0.769. The normalized spacial score (nSPS) is 17.4. The summed E-state index contributed by atoms with van der Waals surface area (Å²) in [6.45, 7) is 1.86. The van der Waals surface area contributed by atoms with E-state index in [-0.39, 0.29) is 33.8 Å². The van der Waals surface area contributed by atoms with Crippen LogP contribution in [-0.2, 0) is 11.8 Å². The lowest BCUT2D eigenvalue weighted by molar-refractivity contribution is -0.119. The molecule has 1 aliphatic rings. The van der Waals surface area contributed by atoms with Crippen LogP contribution in [0.4, 0.5) is 15.8 Å². The van der Waals surface area contributed by atoms with Crippen molar-refractivity contribution in [2.75, 3.05) is 10.3 Å². The van der Waals surface area contributed by atoms with Crippen molar-refractivity contribution in [1.82, 2.24) is 24.3 Å². The number of fused-ring (bicyclic) bond motifs is 4. The Morgan fingerprint density at radius 1 is 1.20 bits per heavy atom. The molecule has 212 valence electrons. The molecule has 13 heteroatoms. The van der Waals surface area contributed by atoms with E-state index in [1.54, 1.807) is 24.1 Å². The van der Waals surface area contributed by atoms with Crippen molar-refractivity contribution < 1.29 is 9.18 Å². The molecule has 0 saturated heterocycles. The quantitative estimate of drug-likeness (QED) is 0.244. The molecule has 4 heterocycles. The van der Waals surface area contributed by atoms with E-state index in [2.05, 4.69) is 20.4 Å². The topological polar surface area (TPSA) is 150 Å². The summed E-state index contributed by atoms with van der Waals surface area (Å²) in [6.07, 6.45) is 8.93. The van der Waals surface area contributed by atoms with Crippen molar-refractivity contribution in [2.45, 2.75) is 32.2 Å². The number of nitrogens with zero attached hydrogens (tertiary/aromatic N) is 6. The molecule has 0 spiro atoms. The van der Waals surface area contributed by atoms with Crippen molar-refractivity contribution in [3.63, 3.8) is 0 Å². The first-order valence-electron chi connectivity index (χ1n) is 13.0.